The van der Waals surface area contributed by atoms with Crippen LogP contribution in [0.3, 0.4) is 0 Å². The van der Waals surface area contributed by atoms with Crippen LogP contribution in [0.5, 0.6) is 0 Å². The third kappa shape index (κ3) is 2.88. The maximum atomic E-state index is 5.19. The fourth-order valence-electron chi connectivity index (χ4n) is 1.69. The van der Waals surface area contributed by atoms with Crippen LogP contribution in [0.1, 0.15) is 44.9 Å². The van der Waals surface area contributed by atoms with Crippen LogP contribution in [0.4, 0.5) is 5.69 Å². The number of hydrogen-bond donors (Lipinski definition) is 1. The van der Waals surface area contributed by atoms with Gasteiger partial charge in [0.25, 0.3) is 0 Å². The van der Waals surface area contributed by atoms with Crippen molar-refractivity contribution < 1.29 is 4.52 Å². The summed E-state index contributed by atoms with van der Waals surface area (Å²) in [4.78, 5) is 4.30. The Labute approximate surface area is 106 Å². The van der Waals surface area contributed by atoms with Crippen LogP contribution in [0, 0.1) is 0 Å². The predicted octanol–water partition coefficient (Wildman–Crippen LogP) is 2.41. The van der Waals surface area contributed by atoms with E-state index in [4.69, 9.17) is 4.52 Å². The van der Waals surface area contributed by atoms with Gasteiger partial charge in [-0.1, -0.05) is 19.0 Å². The van der Waals surface area contributed by atoms with E-state index in [1.54, 1.807) is 0 Å². The molecule has 0 saturated carbocycles. The normalized spacial score (nSPS) is 12.6. The molecule has 2 heterocycles. The lowest BCUT2D eigenvalue weighted by atomic mass is 10.3. The van der Waals surface area contributed by atoms with Crippen molar-refractivity contribution in [2.45, 2.75) is 46.2 Å². The highest BCUT2D eigenvalue weighted by Gasteiger charge is 2.13. The van der Waals surface area contributed by atoms with Crippen molar-refractivity contribution in [3.8, 4) is 0 Å². The zero-order chi connectivity index (χ0) is 13.0. The van der Waals surface area contributed by atoms with Gasteiger partial charge in [-0.25, -0.2) is 0 Å². The van der Waals surface area contributed by atoms with E-state index in [1.165, 1.54) is 0 Å². The monoisotopic (exact) mass is 249 g/mol. The van der Waals surface area contributed by atoms with Gasteiger partial charge in [0.15, 0.2) is 5.82 Å². The first kappa shape index (κ1) is 12.6. The SMILES string of the molecule is CCCn1cc(N[C@H](C)c2nc(CC)no2)cn1. The van der Waals surface area contributed by atoms with Crippen molar-refractivity contribution in [3.05, 3.63) is 24.1 Å². The first-order chi connectivity index (χ1) is 8.72. The van der Waals surface area contributed by atoms with E-state index in [9.17, 15) is 0 Å². The Bertz CT molecular complexity index is 490. The summed E-state index contributed by atoms with van der Waals surface area (Å²) in [5.74, 6) is 1.34. The first-order valence-electron chi connectivity index (χ1n) is 6.34. The second-order valence-corrected chi connectivity index (χ2v) is 4.26. The number of rotatable bonds is 6. The maximum Gasteiger partial charge on any atom is 0.248 e. The minimum absolute atomic E-state index is 0.0166. The molecule has 18 heavy (non-hydrogen) atoms. The van der Waals surface area contributed by atoms with Gasteiger partial charge >= 0.3 is 0 Å². The van der Waals surface area contributed by atoms with Crippen molar-refractivity contribution >= 4 is 5.69 Å². The summed E-state index contributed by atoms with van der Waals surface area (Å²) in [7, 11) is 0. The van der Waals surface area contributed by atoms with E-state index in [-0.39, 0.29) is 6.04 Å². The first-order valence-corrected chi connectivity index (χ1v) is 6.34. The molecule has 2 aromatic heterocycles. The topological polar surface area (TPSA) is 68.8 Å². The lowest BCUT2D eigenvalue weighted by Gasteiger charge is -2.08. The predicted molar refractivity (Wildman–Crippen MR) is 68.2 cm³/mol. The second kappa shape index (κ2) is 5.66. The van der Waals surface area contributed by atoms with Crippen LogP contribution in [0.2, 0.25) is 0 Å². The Morgan fingerprint density at radius 2 is 2.28 bits per heavy atom. The Kier molecular flexibility index (Phi) is 3.96. The summed E-state index contributed by atoms with van der Waals surface area (Å²) < 4.78 is 7.11. The van der Waals surface area contributed by atoms with Crippen LogP contribution in [0.15, 0.2) is 16.9 Å². The Hall–Kier alpha value is -1.85. The molecule has 0 radical (unpaired) electrons. The molecule has 0 aliphatic carbocycles. The van der Waals surface area contributed by atoms with Crippen molar-refractivity contribution in [1.29, 1.82) is 0 Å². The minimum Gasteiger partial charge on any atom is -0.371 e. The number of aromatic nitrogens is 4. The lowest BCUT2D eigenvalue weighted by Crippen LogP contribution is -2.06. The number of hydrogen-bond acceptors (Lipinski definition) is 5. The third-order valence-electron chi connectivity index (χ3n) is 2.64. The van der Waals surface area contributed by atoms with Crippen molar-refractivity contribution in [2.24, 2.45) is 0 Å². The molecule has 6 heteroatoms. The van der Waals surface area contributed by atoms with Gasteiger partial charge in [-0.15, -0.1) is 0 Å². The molecular formula is C12H19N5O. The molecule has 6 nitrogen and oxygen atoms in total. The minimum atomic E-state index is -0.0166. The number of anilines is 1. The van der Waals surface area contributed by atoms with Gasteiger partial charge in [-0.3, -0.25) is 4.68 Å². The Balaban J connectivity index is 1.99. The molecule has 1 N–H and O–H groups in total. The summed E-state index contributed by atoms with van der Waals surface area (Å²) in [6, 6.07) is -0.0166. The molecule has 0 fully saturated rings. The van der Waals surface area contributed by atoms with Crippen LogP contribution >= 0.6 is 0 Å². The molecule has 0 bridgehead atoms. The average molecular weight is 249 g/mol. The van der Waals surface area contributed by atoms with Crippen LogP contribution in [-0.2, 0) is 13.0 Å². The van der Waals surface area contributed by atoms with Crippen LogP contribution < -0.4 is 5.32 Å². The molecular weight excluding hydrogens is 230 g/mol. The molecule has 2 rings (SSSR count). The molecule has 1 atom stereocenters. The van der Waals surface area contributed by atoms with Crippen LogP contribution in [-0.4, -0.2) is 19.9 Å². The van der Waals surface area contributed by atoms with Crippen molar-refractivity contribution in [3.63, 3.8) is 0 Å². The van der Waals surface area contributed by atoms with E-state index in [2.05, 4.69) is 27.5 Å². The molecule has 0 unspecified atom stereocenters. The second-order valence-electron chi connectivity index (χ2n) is 4.26. The molecule has 0 amide bonds. The highest BCUT2D eigenvalue weighted by Crippen LogP contribution is 2.17. The van der Waals surface area contributed by atoms with E-state index in [1.807, 2.05) is 30.9 Å². The molecule has 2 aromatic rings. The molecule has 0 aliphatic rings. The zero-order valence-corrected chi connectivity index (χ0v) is 11.1. The van der Waals surface area contributed by atoms with Crippen molar-refractivity contribution in [2.75, 3.05) is 5.32 Å². The number of aryl methyl sites for hydroxylation is 2. The standard InChI is InChI=1S/C12H19N5O/c1-4-6-17-8-10(7-13-17)14-9(3)12-15-11(5-2)16-18-12/h7-9,14H,4-6H2,1-3H3/t9-/m1/s1. The highest BCUT2D eigenvalue weighted by molar-refractivity contribution is 5.39. The molecule has 0 saturated heterocycles. The van der Waals surface area contributed by atoms with Gasteiger partial charge in [0, 0.05) is 19.2 Å². The smallest absolute Gasteiger partial charge is 0.248 e. The van der Waals surface area contributed by atoms with E-state index in [0.29, 0.717) is 5.89 Å². The zero-order valence-electron chi connectivity index (χ0n) is 11.1. The molecule has 0 spiro atoms. The maximum absolute atomic E-state index is 5.19. The largest absolute Gasteiger partial charge is 0.371 e. The Morgan fingerprint density at radius 1 is 1.44 bits per heavy atom. The van der Waals surface area contributed by atoms with E-state index in [0.717, 1.165) is 30.9 Å². The van der Waals surface area contributed by atoms with Gasteiger partial charge in [0.1, 0.15) is 6.04 Å². The quantitative estimate of drug-likeness (QED) is 0.851. The van der Waals surface area contributed by atoms with Gasteiger partial charge in [-0.2, -0.15) is 10.1 Å². The van der Waals surface area contributed by atoms with Gasteiger partial charge in [0.2, 0.25) is 5.89 Å². The molecule has 0 aliphatic heterocycles. The Morgan fingerprint density at radius 3 is 2.94 bits per heavy atom. The van der Waals surface area contributed by atoms with Gasteiger partial charge < -0.3 is 9.84 Å². The number of nitrogens with one attached hydrogen (secondary N) is 1. The average Bonchev–Trinajstić information content (AvgIpc) is 2.98. The summed E-state index contributed by atoms with van der Waals surface area (Å²) in [5, 5.41) is 11.4. The lowest BCUT2D eigenvalue weighted by molar-refractivity contribution is 0.363. The van der Waals surface area contributed by atoms with E-state index >= 15 is 0 Å². The molecule has 98 valence electrons. The summed E-state index contributed by atoms with van der Waals surface area (Å²) in [6.07, 6.45) is 5.64. The summed E-state index contributed by atoms with van der Waals surface area (Å²) in [6.45, 7) is 7.05. The van der Waals surface area contributed by atoms with Crippen LogP contribution in [0.25, 0.3) is 0 Å². The van der Waals surface area contributed by atoms with Gasteiger partial charge in [0.05, 0.1) is 11.9 Å². The molecule has 0 aromatic carbocycles. The fraction of sp³-hybridized carbons (Fsp3) is 0.583. The van der Waals surface area contributed by atoms with Crippen molar-refractivity contribution in [1.82, 2.24) is 19.9 Å². The summed E-state index contributed by atoms with van der Waals surface area (Å²) in [5.41, 5.74) is 0.965. The highest BCUT2D eigenvalue weighted by atomic mass is 16.5. The van der Waals surface area contributed by atoms with E-state index < -0.39 is 0 Å². The summed E-state index contributed by atoms with van der Waals surface area (Å²) >= 11 is 0. The fourth-order valence-corrected chi connectivity index (χ4v) is 1.69. The van der Waals surface area contributed by atoms with Gasteiger partial charge in [-0.05, 0) is 13.3 Å². The number of nitrogens with zero attached hydrogens (tertiary/aromatic N) is 4. The third-order valence-corrected chi connectivity index (χ3v) is 2.64.